The maximum atomic E-state index is 14.1. The topological polar surface area (TPSA) is 348 Å². The van der Waals surface area contributed by atoms with Crippen LogP contribution in [0.5, 0.6) is 0 Å². The highest BCUT2D eigenvalue weighted by Gasteiger charge is 2.74. The first-order valence-electron chi connectivity index (χ1n) is 27.4. The lowest BCUT2D eigenvalue weighted by atomic mass is 9.33. The smallest absolute Gasteiger partial charge is 0.333 e. The molecule has 8 aliphatic rings. The standard InChI is InChI=1S/C55H86O22/c1-11-24(2)45(67)77-43-44(71-26(4)59)55(49(68)69)19-18-53(9)27(28(55)20-50(43,5)6)12-13-32-51(7)16-15-33(52(8,23-58)31(51)14-17-54(32,53)10)74-48-42(76-47-40(66)38(64)35(61)29(21-56)72-47)41(36(62)30(22-57)73-48)75-46-39(65)37(63)34(60)25(3)70-46/h11-12,25,28-44,46-48,56-58,60-66H,13-23H2,1-10H3,(H,68,69)/b24-11+/t25-,28-,29+,30+,31+,32+,33-,34-,35-,36+,37+,38-,39+,40+,41-,42+,43-,44-,46-,47-,48-,51-,52+,53+,54+,55-/m0/s1. The summed E-state index contributed by atoms with van der Waals surface area (Å²) in [6, 6.07) is 0. The predicted octanol–water partition coefficient (Wildman–Crippen LogP) is 0.736. The molecule has 77 heavy (non-hydrogen) atoms. The van der Waals surface area contributed by atoms with Gasteiger partial charge in [-0.2, -0.15) is 0 Å². The van der Waals surface area contributed by atoms with Crippen molar-refractivity contribution in [2.45, 2.75) is 231 Å². The van der Waals surface area contributed by atoms with Crippen LogP contribution in [-0.2, 0) is 52.3 Å². The SMILES string of the molecule is C/C=C(\C)C(=O)O[C@H]1[C@H](OC(C)=O)[C@]2(C(=O)O)CC[C@]3(C)C(=CC[C@@H]4[C@@]5(C)CC[C@H](O[C@@H]6O[C@H](CO)[C@@H](O)[C@H](O[C@@H]7O[C@@H](C)[C@H](O)[C@@H](O)[C@H]7O)[C@H]6O[C@@H]6O[C@H](CO)[C@H](O)[C@H](O)[C@H]6O)[C@](C)(CO)[C@@H]5CC[C@]43C)[C@@H]2CC1(C)C. The number of carbonyl (C=O) groups excluding carboxylic acids is 2. The molecule has 0 aromatic carbocycles. The zero-order chi connectivity index (χ0) is 56.9. The van der Waals surface area contributed by atoms with E-state index in [-0.39, 0.29) is 24.9 Å². The van der Waals surface area contributed by atoms with Crippen LogP contribution in [0.2, 0.25) is 0 Å². The van der Waals surface area contributed by atoms with Crippen LogP contribution in [0.25, 0.3) is 0 Å². The van der Waals surface area contributed by atoms with E-state index < -0.39 is 180 Å². The van der Waals surface area contributed by atoms with E-state index in [4.69, 9.17) is 37.9 Å². The number of carbonyl (C=O) groups is 3. The third-order valence-electron chi connectivity index (χ3n) is 20.9. The van der Waals surface area contributed by atoms with Gasteiger partial charge in [-0.15, -0.1) is 0 Å². The van der Waals surface area contributed by atoms with E-state index >= 15 is 0 Å². The Morgan fingerprint density at radius 3 is 1.87 bits per heavy atom. The monoisotopic (exact) mass is 1100 g/mol. The van der Waals surface area contributed by atoms with Gasteiger partial charge in [0.15, 0.2) is 25.0 Å². The first-order valence-corrected chi connectivity index (χ1v) is 27.4. The molecule has 0 bridgehead atoms. The molecule has 4 saturated carbocycles. The quantitative estimate of drug-likeness (QED) is 0.0524. The van der Waals surface area contributed by atoms with Crippen molar-refractivity contribution in [3.63, 3.8) is 0 Å². The first kappa shape index (κ1) is 60.3. The van der Waals surface area contributed by atoms with Gasteiger partial charge >= 0.3 is 17.9 Å². The fourth-order valence-corrected chi connectivity index (χ4v) is 16.1. The molecule has 0 radical (unpaired) electrons. The van der Waals surface area contributed by atoms with Gasteiger partial charge < -0.3 is 94.1 Å². The second-order valence-corrected chi connectivity index (χ2v) is 25.3. The Hall–Kier alpha value is -2.75. The average Bonchev–Trinajstić information content (AvgIpc) is 3.58. The minimum Gasteiger partial charge on any atom is -0.481 e. The van der Waals surface area contributed by atoms with Gasteiger partial charge in [0, 0.05) is 29.2 Å². The first-order chi connectivity index (χ1) is 36.0. The summed E-state index contributed by atoms with van der Waals surface area (Å²) in [6.07, 6.45) is -20.7. The lowest BCUT2D eigenvalue weighted by Gasteiger charge is -2.71. The van der Waals surface area contributed by atoms with Gasteiger partial charge in [0.25, 0.3) is 0 Å². The second kappa shape index (κ2) is 21.9. The fourth-order valence-electron chi connectivity index (χ4n) is 16.1. The number of aliphatic hydroxyl groups excluding tert-OH is 10. The maximum absolute atomic E-state index is 14.1. The summed E-state index contributed by atoms with van der Waals surface area (Å²) in [5, 5.41) is 120. The zero-order valence-electron chi connectivity index (χ0n) is 46.0. The molecule has 438 valence electrons. The predicted molar refractivity (Wildman–Crippen MR) is 266 cm³/mol. The number of hydrogen-bond acceptors (Lipinski definition) is 21. The number of allylic oxidation sites excluding steroid dienone is 3. The van der Waals surface area contributed by atoms with Crippen LogP contribution in [0, 0.1) is 50.2 Å². The fraction of sp³-hybridized carbons (Fsp3) is 0.873. The number of ether oxygens (including phenoxy) is 8. The molecule has 0 aromatic heterocycles. The van der Waals surface area contributed by atoms with Crippen molar-refractivity contribution in [3.8, 4) is 0 Å². The maximum Gasteiger partial charge on any atom is 0.333 e. The molecule has 8 rings (SSSR count). The summed E-state index contributed by atoms with van der Waals surface area (Å²) in [7, 11) is 0. The molecule has 5 aliphatic carbocycles. The highest BCUT2D eigenvalue weighted by Crippen LogP contribution is 2.76. The minimum absolute atomic E-state index is 0.00288. The molecule has 0 spiro atoms. The van der Waals surface area contributed by atoms with Crippen molar-refractivity contribution in [1.82, 2.24) is 0 Å². The molecule has 22 heteroatoms. The van der Waals surface area contributed by atoms with Crippen molar-refractivity contribution in [2.75, 3.05) is 19.8 Å². The van der Waals surface area contributed by atoms with E-state index in [0.29, 0.717) is 50.5 Å². The lowest BCUT2D eigenvalue weighted by molar-refractivity contribution is -0.399. The van der Waals surface area contributed by atoms with Gasteiger partial charge in [-0.3, -0.25) is 9.59 Å². The number of carboxylic acids is 1. The highest BCUT2D eigenvalue weighted by atomic mass is 16.8. The van der Waals surface area contributed by atoms with E-state index in [1.54, 1.807) is 19.9 Å². The summed E-state index contributed by atoms with van der Waals surface area (Å²) in [5.74, 6) is -3.20. The Morgan fingerprint density at radius 2 is 1.27 bits per heavy atom. The molecule has 3 heterocycles. The van der Waals surface area contributed by atoms with Gasteiger partial charge in [-0.05, 0) is 100 Å². The summed E-state index contributed by atoms with van der Waals surface area (Å²) < 4.78 is 49.4. The Labute approximate surface area is 449 Å². The van der Waals surface area contributed by atoms with Crippen molar-refractivity contribution < 1.29 is 108 Å². The van der Waals surface area contributed by atoms with Crippen molar-refractivity contribution in [3.05, 3.63) is 23.3 Å². The molecule has 3 saturated heterocycles. The summed E-state index contributed by atoms with van der Waals surface area (Å²) in [6.45, 7) is 16.6. The zero-order valence-corrected chi connectivity index (χ0v) is 46.0. The molecular weight excluding hydrogens is 1010 g/mol. The normalized spacial score (nSPS) is 50.7. The Bertz CT molecular complexity index is 2240. The van der Waals surface area contributed by atoms with Crippen LogP contribution in [0.15, 0.2) is 23.3 Å². The minimum atomic E-state index is -1.95. The van der Waals surface area contributed by atoms with Gasteiger partial charge in [-0.1, -0.05) is 59.3 Å². The third-order valence-corrected chi connectivity index (χ3v) is 20.9. The second-order valence-electron chi connectivity index (χ2n) is 25.3. The number of aliphatic hydroxyl groups is 10. The summed E-state index contributed by atoms with van der Waals surface area (Å²) in [5.41, 5.74) is -3.54. The third kappa shape index (κ3) is 9.66. The highest BCUT2D eigenvalue weighted by molar-refractivity contribution is 5.88. The van der Waals surface area contributed by atoms with Crippen molar-refractivity contribution in [2.24, 2.45) is 50.2 Å². The van der Waals surface area contributed by atoms with E-state index in [9.17, 15) is 70.6 Å². The Morgan fingerprint density at radius 1 is 0.675 bits per heavy atom. The Kier molecular flexibility index (Phi) is 17.1. The van der Waals surface area contributed by atoms with Crippen LogP contribution < -0.4 is 0 Å². The van der Waals surface area contributed by atoms with E-state index in [1.165, 1.54) is 13.8 Å². The van der Waals surface area contributed by atoms with Crippen LogP contribution in [-0.4, -0.2) is 204 Å². The van der Waals surface area contributed by atoms with Crippen LogP contribution >= 0.6 is 0 Å². The van der Waals surface area contributed by atoms with Gasteiger partial charge in [0.05, 0.1) is 32.0 Å². The van der Waals surface area contributed by atoms with E-state index in [1.807, 2.05) is 20.8 Å². The molecular formula is C55H86O22. The van der Waals surface area contributed by atoms with Gasteiger partial charge in [0.2, 0.25) is 0 Å². The molecule has 7 fully saturated rings. The van der Waals surface area contributed by atoms with E-state index in [0.717, 1.165) is 5.57 Å². The molecule has 0 aromatic rings. The number of fused-ring (bicyclic) bond motifs is 7. The number of rotatable bonds is 13. The number of hydrogen-bond donors (Lipinski definition) is 11. The van der Waals surface area contributed by atoms with Crippen molar-refractivity contribution in [1.29, 1.82) is 0 Å². The molecule has 11 N–H and O–H groups in total. The molecule has 0 amide bonds. The van der Waals surface area contributed by atoms with Crippen molar-refractivity contribution >= 4 is 17.9 Å². The van der Waals surface area contributed by atoms with Gasteiger partial charge in [0.1, 0.15) is 78.7 Å². The number of aliphatic carboxylic acids is 1. The van der Waals surface area contributed by atoms with Gasteiger partial charge in [-0.25, -0.2) is 4.79 Å². The summed E-state index contributed by atoms with van der Waals surface area (Å²) in [4.78, 5) is 40.4. The van der Waals surface area contributed by atoms with Crippen LogP contribution in [0.4, 0.5) is 0 Å². The van der Waals surface area contributed by atoms with Crippen LogP contribution in [0.1, 0.15) is 121 Å². The van der Waals surface area contributed by atoms with E-state index in [2.05, 4.69) is 26.8 Å². The van der Waals surface area contributed by atoms with Crippen LogP contribution in [0.3, 0.4) is 0 Å². The number of carboxylic acid groups (broad SMARTS) is 1. The molecule has 26 atom stereocenters. The molecule has 0 unspecified atom stereocenters. The largest absolute Gasteiger partial charge is 0.481 e. The lowest BCUT2D eigenvalue weighted by Crippen LogP contribution is -2.70. The molecule has 3 aliphatic heterocycles. The average molecular weight is 1100 g/mol. The summed E-state index contributed by atoms with van der Waals surface area (Å²) >= 11 is 0. The number of esters is 2. The Balaban J connectivity index is 1.12. The molecule has 22 nitrogen and oxygen atoms in total.